The van der Waals surface area contributed by atoms with E-state index in [1.807, 2.05) is 53.9 Å². The van der Waals surface area contributed by atoms with Crippen molar-refractivity contribution < 1.29 is 9.21 Å². The molecule has 3 aromatic rings. The first-order valence-corrected chi connectivity index (χ1v) is 6.45. The maximum atomic E-state index is 12.1. The second-order valence-electron chi connectivity index (χ2n) is 3.86. The molecule has 0 saturated carbocycles. The number of hydrogen-bond acceptors (Lipinski definition) is 3. The Morgan fingerprint density at radius 2 is 1.83 bits per heavy atom. The summed E-state index contributed by atoms with van der Waals surface area (Å²) in [5.74, 6) is 0.876. The van der Waals surface area contributed by atoms with Crippen LogP contribution in [0.1, 0.15) is 15.2 Å². The number of carbonyl (C=O) groups is 1. The summed E-state index contributed by atoms with van der Waals surface area (Å²) in [6.07, 6.45) is 1.64. The van der Waals surface area contributed by atoms with E-state index in [9.17, 15) is 4.79 Å². The molecule has 0 bridgehead atoms. The van der Waals surface area contributed by atoms with Crippen LogP contribution in [0, 0.1) is 0 Å². The van der Waals surface area contributed by atoms with E-state index in [0.29, 0.717) is 5.56 Å². The van der Waals surface area contributed by atoms with Crippen molar-refractivity contribution in [2.45, 2.75) is 0 Å². The first-order valence-electron chi connectivity index (χ1n) is 5.57. The fourth-order valence-electron chi connectivity index (χ4n) is 1.78. The third-order valence-corrected chi connectivity index (χ3v) is 3.57. The lowest BCUT2D eigenvalue weighted by Gasteiger charge is -2.00. The average Bonchev–Trinajstić information content (AvgIpc) is 3.11. The third-order valence-electron chi connectivity index (χ3n) is 2.70. The van der Waals surface area contributed by atoms with Gasteiger partial charge < -0.3 is 4.42 Å². The molecule has 0 radical (unpaired) electrons. The van der Waals surface area contributed by atoms with Crippen molar-refractivity contribution in [3.05, 3.63) is 70.6 Å². The first-order chi connectivity index (χ1) is 8.84. The van der Waals surface area contributed by atoms with Crippen molar-refractivity contribution in [2.24, 2.45) is 0 Å². The number of hydrogen-bond donors (Lipinski definition) is 0. The van der Waals surface area contributed by atoms with E-state index in [2.05, 4.69) is 0 Å². The number of ketones is 1. The zero-order chi connectivity index (χ0) is 12.4. The number of benzene rings is 1. The van der Waals surface area contributed by atoms with Crippen molar-refractivity contribution in [3.8, 4) is 11.3 Å². The summed E-state index contributed by atoms with van der Waals surface area (Å²) in [7, 11) is 0. The van der Waals surface area contributed by atoms with E-state index in [0.717, 1.165) is 16.2 Å². The van der Waals surface area contributed by atoms with Crippen LogP contribution in [0.15, 0.2) is 64.6 Å². The van der Waals surface area contributed by atoms with Crippen LogP contribution < -0.4 is 0 Å². The van der Waals surface area contributed by atoms with Crippen molar-refractivity contribution in [3.63, 3.8) is 0 Å². The zero-order valence-electron chi connectivity index (χ0n) is 9.50. The van der Waals surface area contributed by atoms with Crippen LogP contribution in [-0.4, -0.2) is 5.78 Å². The first kappa shape index (κ1) is 11.0. The molecule has 18 heavy (non-hydrogen) atoms. The molecular weight excluding hydrogens is 244 g/mol. The van der Waals surface area contributed by atoms with Crippen molar-refractivity contribution in [1.29, 1.82) is 0 Å². The minimum Gasteiger partial charge on any atom is -0.464 e. The standard InChI is InChI=1S/C15H10O2S/c16-15(14-4-2-10-18-14)12-7-5-11(6-8-12)13-3-1-9-17-13/h1-10H. The molecule has 2 heterocycles. The van der Waals surface area contributed by atoms with Crippen LogP contribution in [0.2, 0.25) is 0 Å². The molecule has 3 heteroatoms. The number of carbonyl (C=O) groups excluding carboxylic acids is 1. The quantitative estimate of drug-likeness (QED) is 0.654. The predicted octanol–water partition coefficient (Wildman–Crippen LogP) is 4.24. The second kappa shape index (κ2) is 4.63. The molecule has 0 amide bonds. The van der Waals surface area contributed by atoms with Gasteiger partial charge in [-0.1, -0.05) is 30.3 Å². The molecule has 0 N–H and O–H groups in total. The van der Waals surface area contributed by atoms with Crippen molar-refractivity contribution in [2.75, 3.05) is 0 Å². The summed E-state index contributed by atoms with van der Waals surface area (Å²) >= 11 is 1.46. The lowest BCUT2D eigenvalue weighted by molar-refractivity contribution is 0.104. The summed E-state index contributed by atoms with van der Waals surface area (Å²) in [6.45, 7) is 0. The van der Waals surface area contributed by atoms with Gasteiger partial charge in [0.15, 0.2) is 0 Å². The molecule has 2 aromatic heterocycles. The number of rotatable bonds is 3. The molecule has 0 aliphatic rings. The highest BCUT2D eigenvalue weighted by atomic mass is 32.1. The van der Waals surface area contributed by atoms with Crippen LogP contribution >= 0.6 is 11.3 Å². The summed E-state index contributed by atoms with van der Waals surface area (Å²) in [5, 5.41) is 1.91. The topological polar surface area (TPSA) is 30.2 Å². The Hall–Kier alpha value is -2.13. The fraction of sp³-hybridized carbons (Fsp3) is 0. The van der Waals surface area contributed by atoms with Gasteiger partial charge in [0.25, 0.3) is 0 Å². The Labute approximate surface area is 109 Å². The largest absolute Gasteiger partial charge is 0.464 e. The molecule has 1 aromatic carbocycles. The molecule has 0 spiro atoms. The molecule has 88 valence electrons. The molecule has 2 nitrogen and oxygen atoms in total. The highest BCUT2D eigenvalue weighted by Crippen LogP contribution is 2.22. The van der Waals surface area contributed by atoms with Crippen LogP contribution in [0.3, 0.4) is 0 Å². The molecule has 0 fully saturated rings. The Bertz CT molecular complexity index is 634. The highest BCUT2D eigenvalue weighted by molar-refractivity contribution is 7.12. The number of thiophene rings is 1. The lowest BCUT2D eigenvalue weighted by atomic mass is 10.1. The van der Waals surface area contributed by atoms with Gasteiger partial charge in [0.1, 0.15) is 5.76 Å². The monoisotopic (exact) mass is 254 g/mol. The lowest BCUT2D eigenvalue weighted by Crippen LogP contribution is -1.97. The van der Waals surface area contributed by atoms with Crippen LogP contribution in [0.4, 0.5) is 0 Å². The minimum absolute atomic E-state index is 0.0657. The smallest absolute Gasteiger partial charge is 0.202 e. The molecule has 3 rings (SSSR count). The normalized spacial score (nSPS) is 10.4. The van der Waals surface area contributed by atoms with Crippen molar-refractivity contribution in [1.82, 2.24) is 0 Å². The average molecular weight is 254 g/mol. The van der Waals surface area contributed by atoms with E-state index in [4.69, 9.17) is 4.42 Å². The molecule has 0 saturated heterocycles. The van der Waals surface area contributed by atoms with Crippen LogP contribution in [-0.2, 0) is 0 Å². The van der Waals surface area contributed by atoms with Gasteiger partial charge in [-0.3, -0.25) is 4.79 Å². The maximum Gasteiger partial charge on any atom is 0.202 e. The van der Waals surface area contributed by atoms with Gasteiger partial charge >= 0.3 is 0 Å². The Morgan fingerprint density at radius 3 is 2.44 bits per heavy atom. The van der Waals surface area contributed by atoms with Gasteiger partial charge in [0.2, 0.25) is 5.78 Å². The summed E-state index contributed by atoms with van der Waals surface area (Å²) in [5.41, 5.74) is 1.68. The van der Waals surface area contributed by atoms with Gasteiger partial charge in [0.05, 0.1) is 11.1 Å². The molecule has 0 aliphatic carbocycles. The Morgan fingerprint density at radius 1 is 1.00 bits per heavy atom. The molecular formula is C15H10O2S. The SMILES string of the molecule is O=C(c1ccc(-c2ccco2)cc1)c1cccs1. The molecule has 0 aliphatic heterocycles. The zero-order valence-corrected chi connectivity index (χ0v) is 10.3. The van der Waals surface area contributed by atoms with E-state index in [1.165, 1.54) is 11.3 Å². The predicted molar refractivity (Wildman–Crippen MR) is 71.9 cm³/mol. The van der Waals surface area contributed by atoms with Gasteiger partial charge in [-0.05, 0) is 23.6 Å². The number of furan rings is 1. The van der Waals surface area contributed by atoms with Crippen molar-refractivity contribution >= 4 is 17.1 Å². The Balaban J connectivity index is 1.90. The Kier molecular flexibility index (Phi) is 2.82. The van der Waals surface area contributed by atoms with E-state index in [-0.39, 0.29) is 5.78 Å². The van der Waals surface area contributed by atoms with E-state index in [1.54, 1.807) is 6.26 Å². The van der Waals surface area contributed by atoms with Gasteiger partial charge in [-0.15, -0.1) is 11.3 Å². The van der Waals surface area contributed by atoms with Gasteiger partial charge in [-0.2, -0.15) is 0 Å². The third kappa shape index (κ3) is 2.00. The molecule has 0 unspecified atom stereocenters. The summed E-state index contributed by atoms with van der Waals surface area (Å²) < 4.78 is 5.31. The van der Waals surface area contributed by atoms with Gasteiger partial charge in [-0.25, -0.2) is 0 Å². The maximum absolute atomic E-state index is 12.1. The molecule has 0 atom stereocenters. The van der Waals surface area contributed by atoms with Crippen LogP contribution in [0.25, 0.3) is 11.3 Å². The van der Waals surface area contributed by atoms with Crippen LogP contribution in [0.5, 0.6) is 0 Å². The second-order valence-corrected chi connectivity index (χ2v) is 4.81. The summed E-state index contributed by atoms with van der Waals surface area (Å²) in [6, 6.07) is 14.9. The fourth-order valence-corrected chi connectivity index (χ4v) is 2.46. The summed E-state index contributed by atoms with van der Waals surface area (Å²) in [4.78, 5) is 12.9. The highest BCUT2D eigenvalue weighted by Gasteiger charge is 2.10. The van der Waals surface area contributed by atoms with Gasteiger partial charge in [0, 0.05) is 11.1 Å². The van der Waals surface area contributed by atoms with E-state index >= 15 is 0 Å². The minimum atomic E-state index is 0.0657. The van der Waals surface area contributed by atoms with E-state index < -0.39 is 0 Å².